The molecule has 0 radical (unpaired) electrons. The Morgan fingerprint density at radius 2 is 1.80 bits per heavy atom. The molecule has 2 N–H and O–H groups in total. The highest BCUT2D eigenvalue weighted by Crippen LogP contribution is 2.68. The zero-order valence-corrected chi connectivity index (χ0v) is 23.5. The summed E-state index contributed by atoms with van der Waals surface area (Å²) >= 11 is 0. The summed E-state index contributed by atoms with van der Waals surface area (Å²) in [4.78, 5) is 14.0. The van der Waals surface area contributed by atoms with Crippen molar-refractivity contribution >= 4 is 5.97 Å². The number of aliphatic hydroxyl groups is 1. The maximum Gasteiger partial charge on any atom is 0.305 e. The fourth-order valence-electron chi connectivity index (χ4n) is 9.73. The van der Waals surface area contributed by atoms with Crippen LogP contribution in [0.5, 0.6) is 0 Å². The van der Waals surface area contributed by atoms with Gasteiger partial charge in [0.1, 0.15) is 0 Å². The Kier molecular flexibility index (Phi) is 8.60. The second kappa shape index (κ2) is 11.0. The standard InChI is InChI=1S/C30H54N2O3/c1-20(7-10-27(34)35-6)23-8-9-24-28-25(12-14-30(23,24)3)29(2)13-11-21(17-22(29)18-26(28)33)19-31-15-16-32(4)5/h20-26,28,31,33H,7-19H2,1-6H3/t20-,21?,22+,23-,24?,25?,26-,28?,29+,30-/m1/s1. The number of likely N-dealkylation sites (N-methyl/N-ethyl adjacent to an activating group) is 1. The molecule has 0 heterocycles. The molecule has 0 saturated heterocycles. The number of carbonyl (C=O) groups is 1. The van der Waals surface area contributed by atoms with Crippen LogP contribution in [-0.2, 0) is 9.53 Å². The second-order valence-electron chi connectivity index (χ2n) is 13.8. The van der Waals surface area contributed by atoms with Crippen molar-refractivity contribution in [3.63, 3.8) is 0 Å². The van der Waals surface area contributed by atoms with Gasteiger partial charge in [-0.1, -0.05) is 20.8 Å². The molecule has 4 aliphatic rings. The van der Waals surface area contributed by atoms with Crippen LogP contribution in [0.1, 0.15) is 85.0 Å². The fourth-order valence-corrected chi connectivity index (χ4v) is 9.73. The van der Waals surface area contributed by atoms with Crippen molar-refractivity contribution in [3.05, 3.63) is 0 Å². The molecule has 4 unspecified atom stereocenters. The second-order valence-corrected chi connectivity index (χ2v) is 13.8. The minimum atomic E-state index is -0.132. The van der Waals surface area contributed by atoms with E-state index in [4.69, 9.17) is 4.74 Å². The first-order chi connectivity index (χ1) is 16.6. The molecule has 202 valence electrons. The molecule has 0 aromatic heterocycles. The first kappa shape index (κ1) is 27.4. The Bertz CT molecular complexity index is 728. The molecule has 4 saturated carbocycles. The van der Waals surface area contributed by atoms with E-state index >= 15 is 0 Å². The Labute approximate surface area is 215 Å². The van der Waals surface area contributed by atoms with Crippen LogP contribution in [0.3, 0.4) is 0 Å². The number of aliphatic hydroxyl groups excluding tert-OH is 1. The summed E-state index contributed by atoms with van der Waals surface area (Å²) in [6.07, 6.45) is 11.4. The summed E-state index contributed by atoms with van der Waals surface area (Å²) in [5.41, 5.74) is 0.717. The van der Waals surface area contributed by atoms with Gasteiger partial charge >= 0.3 is 5.97 Å². The molecule has 35 heavy (non-hydrogen) atoms. The third-order valence-electron chi connectivity index (χ3n) is 11.8. The zero-order chi connectivity index (χ0) is 25.4. The fraction of sp³-hybridized carbons (Fsp3) is 0.967. The number of rotatable bonds is 9. The van der Waals surface area contributed by atoms with Crippen LogP contribution in [0.15, 0.2) is 0 Å². The molecule has 0 spiro atoms. The van der Waals surface area contributed by atoms with E-state index in [2.05, 4.69) is 45.1 Å². The third-order valence-corrected chi connectivity index (χ3v) is 11.8. The predicted octanol–water partition coefficient (Wildman–Crippen LogP) is 4.97. The Hall–Kier alpha value is -0.650. The minimum Gasteiger partial charge on any atom is -0.469 e. The van der Waals surface area contributed by atoms with E-state index in [9.17, 15) is 9.90 Å². The average molecular weight is 491 g/mol. The summed E-state index contributed by atoms with van der Waals surface area (Å²) < 4.78 is 4.91. The summed E-state index contributed by atoms with van der Waals surface area (Å²) in [6.45, 7) is 10.8. The van der Waals surface area contributed by atoms with E-state index in [0.717, 1.165) is 38.4 Å². The lowest BCUT2D eigenvalue weighted by atomic mass is 9.43. The van der Waals surface area contributed by atoms with Crippen LogP contribution in [0.25, 0.3) is 0 Å². The SMILES string of the molecule is COC(=O)CC[C@@H](C)[C@H]1CCC2C3C(CC[C@@]21C)[C@@]1(C)CCC(CNCCN(C)C)C[C@H]1C[C@H]3O. The van der Waals surface area contributed by atoms with Gasteiger partial charge < -0.3 is 20.1 Å². The lowest BCUT2D eigenvalue weighted by Crippen LogP contribution is -2.58. The zero-order valence-electron chi connectivity index (χ0n) is 23.5. The Balaban J connectivity index is 1.40. The van der Waals surface area contributed by atoms with Crippen LogP contribution >= 0.6 is 0 Å². The van der Waals surface area contributed by atoms with Crippen molar-refractivity contribution in [1.82, 2.24) is 10.2 Å². The monoisotopic (exact) mass is 490 g/mol. The number of ether oxygens (including phenoxy) is 1. The van der Waals surface area contributed by atoms with E-state index in [1.807, 2.05) is 0 Å². The maximum absolute atomic E-state index is 11.8. The molecule has 4 rings (SSSR count). The molecule has 0 bridgehead atoms. The van der Waals surface area contributed by atoms with Crippen molar-refractivity contribution in [2.75, 3.05) is 40.8 Å². The van der Waals surface area contributed by atoms with Gasteiger partial charge in [0, 0.05) is 19.5 Å². The van der Waals surface area contributed by atoms with Crippen molar-refractivity contribution in [2.45, 2.75) is 91.1 Å². The topological polar surface area (TPSA) is 61.8 Å². The van der Waals surface area contributed by atoms with E-state index in [0.29, 0.717) is 52.8 Å². The minimum absolute atomic E-state index is 0.0783. The third kappa shape index (κ3) is 5.34. The van der Waals surface area contributed by atoms with Crippen LogP contribution in [-0.4, -0.2) is 62.9 Å². The molecule has 5 nitrogen and oxygen atoms in total. The number of carbonyl (C=O) groups excluding carboxylic acids is 1. The maximum atomic E-state index is 11.8. The molecule has 0 aromatic rings. The highest BCUT2D eigenvalue weighted by atomic mass is 16.5. The van der Waals surface area contributed by atoms with Gasteiger partial charge in [-0.2, -0.15) is 0 Å². The van der Waals surface area contributed by atoms with Gasteiger partial charge in [0.25, 0.3) is 0 Å². The molecular weight excluding hydrogens is 436 g/mol. The highest BCUT2D eigenvalue weighted by Gasteiger charge is 2.62. The number of fused-ring (bicyclic) bond motifs is 5. The average Bonchev–Trinajstić information content (AvgIpc) is 3.17. The quantitative estimate of drug-likeness (QED) is 0.353. The van der Waals surface area contributed by atoms with Crippen LogP contribution in [0.2, 0.25) is 0 Å². The van der Waals surface area contributed by atoms with Gasteiger partial charge in [-0.05, 0) is 131 Å². The first-order valence-electron chi connectivity index (χ1n) is 14.7. The summed E-state index contributed by atoms with van der Waals surface area (Å²) in [5.74, 6) is 4.37. The molecule has 0 aromatic carbocycles. The molecular formula is C30H54N2O3. The normalized spacial score (nSPS) is 43.8. The van der Waals surface area contributed by atoms with E-state index < -0.39 is 0 Å². The van der Waals surface area contributed by atoms with Gasteiger partial charge in [-0.3, -0.25) is 4.79 Å². The number of esters is 1. The number of nitrogens with zero attached hydrogens (tertiary/aromatic N) is 1. The van der Waals surface area contributed by atoms with Crippen molar-refractivity contribution < 1.29 is 14.6 Å². The van der Waals surface area contributed by atoms with Crippen molar-refractivity contribution in [3.8, 4) is 0 Å². The van der Waals surface area contributed by atoms with Gasteiger partial charge in [0.2, 0.25) is 0 Å². The lowest BCUT2D eigenvalue weighted by Gasteiger charge is -2.62. The van der Waals surface area contributed by atoms with Gasteiger partial charge in [-0.15, -0.1) is 0 Å². The molecule has 4 fully saturated rings. The molecule has 5 heteroatoms. The Morgan fingerprint density at radius 3 is 2.51 bits per heavy atom. The van der Waals surface area contributed by atoms with E-state index in [-0.39, 0.29) is 12.1 Å². The number of hydrogen-bond acceptors (Lipinski definition) is 5. The number of hydrogen-bond donors (Lipinski definition) is 2. The van der Waals surface area contributed by atoms with Gasteiger partial charge in [0.15, 0.2) is 0 Å². The van der Waals surface area contributed by atoms with Crippen molar-refractivity contribution in [2.24, 2.45) is 52.3 Å². The number of methoxy groups -OCH3 is 1. The largest absolute Gasteiger partial charge is 0.469 e. The van der Waals surface area contributed by atoms with Gasteiger partial charge in [-0.25, -0.2) is 0 Å². The highest BCUT2D eigenvalue weighted by molar-refractivity contribution is 5.69. The molecule has 0 amide bonds. The molecule has 0 aliphatic heterocycles. The van der Waals surface area contributed by atoms with Crippen LogP contribution in [0.4, 0.5) is 0 Å². The molecule has 10 atom stereocenters. The van der Waals surface area contributed by atoms with Crippen LogP contribution < -0.4 is 5.32 Å². The van der Waals surface area contributed by atoms with Crippen LogP contribution in [0, 0.1) is 52.3 Å². The summed E-state index contributed by atoms with van der Waals surface area (Å²) in [5, 5.41) is 15.3. The van der Waals surface area contributed by atoms with E-state index in [1.54, 1.807) is 0 Å². The van der Waals surface area contributed by atoms with E-state index in [1.165, 1.54) is 52.1 Å². The van der Waals surface area contributed by atoms with Gasteiger partial charge in [0.05, 0.1) is 13.2 Å². The number of nitrogens with one attached hydrogen (secondary N) is 1. The Morgan fingerprint density at radius 1 is 1.09 bits per heavy atom. The first-order valence-corrected chi connectivity index (χ1v) is 14.7. The van der Waals surface area contributed by atoms with Crippen molar-refractivity contribution in [1.29, 1.82) is 0 Å². The summed E-state index contributed by atoms with van der Waals surface area (Å²) in [6, 6.07) is 0. The predicted molar refractivity (Wildman–Crippen MR) is 142 cm³/mol. The smallest absolute Gasteiger partial charge is 0.305 e. The lowest BCUT2D eigenvalue weighted by molar-refractivity contribution is -0.169. The summed E-state index contributed by atoms with van der Waals surface area (Å²) in [7, 11) is 5.77. The molecule has 4 aliphatic carbocycles.